The van der Waals surface area contributed by atoms with E-state index in [9.17, 15) is 9.18 Å². The van der Waals surface area contributed by atoms with E-state index in [-0.39, 0.29) is 18.0 Å². The van der Waals surface area contributed by atoms with Crippen molar-refractivity contribution >= 4 is 27.4 Å². The minimum absolute atomic E-state index is 0.0539. The third kappa shape index (κ3) is 2.61. The van der Waals surface area contributed by atoms with Gasteiger partial charge in [0.25, 0.3) is 0 Å². The maximum Gasteiger partial charge on any atom is 0.167 e. The van der Waals surface area contributed by atoms with Crippen molar-refractivity contribution in [2.45, 2.75) is 12.8 Å². The van der Waals surface area contributed by atoms with E-state index in [1.165, 1.54) is 11.6 Å². The van der Waals surface area contributed by atoms with E-state index >= 15 is 0 Å². The molecule has 2 nitrogen and oxygen atoms in total. The molecule has 0 fully saturated rings. The second-order valence-electron chi connectivity index (χ2n) is 4.90. The molecule has 4 heteroatoms. The molecular weight excluding hydrogens is 321 g/mol. The van der Waals surface area contributed by atoms with Crippen LogP contribution in [0.1, 0.15) is 21.5 Å². The molecule has 0 aliphatic carbocycles. The van der Waals surface area contributed by atoms with E-state index in [2.05, 4.69) is 21.2 Å². The van der Waals surface area contributed by atoms with Crippen LogP contribution in [0.4, 0.5) is 10.1 Å². The van der Waals surface area contributed by atoms with Crippen LogP contribution in [0.5, 0.6) is 0 Å². The van der Waals surface area contributed by atoms with Crippen LogP contribution in [0.25, 0.3) is 0 Å². The van der Waals surface area contributed by atoms with Crippen LogP contribution in [0.2, 0.25) is 0 Å². The minimum atomic E-state index is -0.315. The SMILES string of the molecule is O=C(Cc1ccc(F)c(Br)c1)c1ccc2c(c1)CCN2. The summed E-state index contributed by atoms with van der Waals surface area (Å²) in [5, 5.41) is 3.27. The number of halogens is 2. The van der Waals surface area contributed by atoms with Gasteiger partial charge in [-0.1, -0.05) is 6.07 Å². The highest BCUT2D eigenvalue weighted by Crippen LogP contribution is 2.24. The number of benzene rings is 2. The standard InChI is InChI=1S/C16H13BrFNO/c17-13-7-10(1-3-14(13)18)8-16(20)12-2-4-15-11(9-12)5-6-19-15/h1-4,7,9,19H,5-6,8H2. The topological polar surface area (TPSA) is 29.1 Å². The predicted molar refractivity (Wildman–Crippen MR) is 80.8 cm³/mol. The molecular formula is C16H13BrFNO. The first-order valence-corrected chi connectivity index (χ1v) is 7.27. The summed E-state index contributed by atoms with van der Waals surface area (Å²) >= 11 is 3.14. The van der Waals surface area contributed by atoms with Gasteiger partial charge in [0.2, 0.25) is 0 Å². The van der Waals surface area contributed by atoms with Crippen molar-refractivity contribution in [1.82, 2.24) is 0 Å². The molecule has 20 heavy (non-hydrogen) atoms. The molecule has 1 heterocycles. The highest BCUT2D eigenvalue weighted by Gasteiger charge is 2.14. The summed E-state index contributed by atoms with van der Waals surface area (Å²) in [4.78, 5) is 12.3. The molecule has 0 bridgehead atoms. The molecule has 1 N–H and O–H groups in total. The monoisotopic (exact) mass is 333 g/mol. The summed E-state index contributed by atoms with van der Waals surface area (Å²) < 4.78 is 13.6. The van der Waals surface area contributed by atoms with Crippen LogP contribution < -0.4 is 5.32 Å². The van der Waals surface area contributed by atoms with E-state index in [4.69, 9.17) is 0 Å². The average Bonchev–Trinajstić information content (AvgIpc) is 2.90. The molecule has 102 valence electrons. The predicted octanol–water partition coefficient (Wildman–Crippen LogP) is 3.98. The summed E-state index contributed by atoms with van der Waals surface area (Å²) in [7, 11) is 0. The molecule has 1 aliphatic heterocycles. The van der Waals surface area contributed by atoms with Gasteiger partial charge in [0.05, 0.1) is 4.47 Å². The molecule has 0 saturated heterocycles. The number of fused-ring (bicyclic) bond motifs is 1. The first-order valence-electron chi connectivity index (χ1n) is 6.47. The largest absolute Gasteiger partial charge is 0.384 e. The summed E-state index contributed by atoms with van der Waals surface area (Å²) in [5.74, 6) is -0.261. The van der Waals surface area contributed by atoms with Crippen LogP contribution in [0.3, 0.4) is 0 Å². The van der Waals surface area contributed by atoms with Crippen LogP contribution in [-0.4, -0.2) is 12.3 Å². The number of carbonyl (C=O) groups excluding carboxylic acids is 1. The lowest BCUT2D eigenvalue weighted by molar-refractivity contribution is 0.0993. The third-order valence-corrected chi connectivity index (χ3v) is 4.09. The molecule has 3 rings (SSSR count). The molecule has 2 aromatic carbocycles. The lowest BCUT2D eigenvalue weighted by Gasteiger charge is -2.05. The molecule has 0 amide bonds. The third-order valence-electron chi connectivity index (χ3n) is 3.49. The number of nitrogens with one attached hydrogen (secondary N) is 1. The van der Waals surface area contributed by atoms with Crippen LogP contribution in [-0.2, 0) is 12.8 Å². The first-order chi connectivity index (χ1) is 9.63. The number of hydrogen-bond donors (Lipinski definition) is 1. The Kier molecular flexibility index (Phi) is 3.57. The number of Topliss-reactive ketones (excluding diaryl/α,β-unsaturated/α-hetero) is 1. The molecule has 0 spiro atoms. The zero-order chi connectivity index (χ0) is 14.1. The van der Waals surface area contributed by atoms with Crippen molar-refractivity contribution in [2.24, 2.45) is 0 Å². The normalized spacial score (nSPS) is 12.9. The molecule has 0 aromatic heterocycles. The average molecular weight is 334 g/mol. The van der Waals surface area contributed by atoms with Crippen molar-refractivity contribution < 1.29 is 9.18 Å². The molecule has 0 radical (unpaired) electrons. The van der Waals surface area contributed by atoms with Gasteiger partial charge < -0.3 is 5.32 Å². The quantitative estimate of drug-likeness (QED) is 0.861. The van der Waals surface area contributed by atoms with E-state index < -0.39 is 0 Å². The first kappa shape index (κ1) is 13.3. The fraction of sp³-hybridized carbons (Fsp3) is 0.188. The van der Waals surface area contributed by atoms with Crippen molar-refractivity contribution in [2.75, 3.05) is 11.9 Å². The number of ketones is 1. The highest BCUT2D eigenvalue weighted by molar-refractivity contribution is 9.10. The summed E-state index contributed by atoms with van der Waals surface area (Å²) in [6, 6.07) is 10.4. The maximum atomic E-state index is 13.2. The van der Waals surface area contributed by atoms with Gasteiger partial charge in [-0.05, 0) is 63.8 Å². The van der Waals surface area contributed by atoms with Gasteiger partial charge in [-0.15, -0.1) is 0 Å². The van der Waals surface area contributed by atoms with Crippen molar-refractivity contribution in [3.05, 3.63) is 63.4 Å². The van der Waals surface area contributed by atoms with Crippen LogP contribution in [0.15, 0.2) is 40.9 Å². The smallest absolute Gasteiger partial charge is 0.167 e. The highest BCUT2D eigenvalue weighted by atomic mass is 79.9. The van der Waals surface area contributed by atoms with Gasteiger partial charge in [0.15, 0.2) is 5.78 Å². The fourth-order valence-corrected chi connectivity index (χ4v) is 2.84. The molecule has 0 atom stereocenters. The molecule has 0 unspecified atom stereocenters. The minimum Gasteiger partial charge on any atom is -0.384 e. The van der Waals surface area contributed by atoms with E-state index in [0.29, 0.717) is 10.0 Å². The Bertz CT molecular complexity index is 684. The Morgan fingerprint density at radius 2 is 2.10 bits per heavy atom. The number of hydrogen-bond acceptors (Lipinski definition) is 2. The van der Waals surface area contributed by atoms with Crippen molar-refractivity contribution in [3.63, 3.8) is 0 Å². The van der Waals surface area contributed by atoms with Gasteiger partial charge >= 0.3 is 0 Å². The zero-order valence-corrected chi connectivity index (χ0v) is 12.3. The van der Waals surface area contributed by atoms with Gasteiger partial charge in [0, 0.05) is 24.2 Å². The van der Waals surface area contributed by atoms with E-state index in [0.717, 1.165) is 24.2 Å². The second-order valence-corrected chi connectivity index (χ2v) is 5.75. The Hall–Kier alpha value is -1.68. The van der Waals surface area contributed by atoms with E-state index in [1.807, 2.05) is 18.2 Å². The maximum absolute atomic E-state index is 13.2. The number of anilines is 1. The lowest BCUT2D eigenvalue weighted by atomic mass is 10.0. The summed E-state index contributed by atoms with van der Waals surface area (Å²) in [5.41, 5.74) is 3.83. The Balaban J connectivity index is 1.80. The van der Waals surface area contributed by atoms with Crippen molar-refractivity contribution in [1.29, 1.82) is 0 Å². The lowest BCUT2D eigenvalue weighted by Crippen LogP contribution is -2.04. The van der Waals surface area contributed by atoms with Gasteiger partial charge in [0.1, 0.15) is 5.82 Å². The van der Waals surface area contributed by atoms with Gasteiger partial charge in [-0.25, -0.2) is 4.39 Å². The number of rotatable bonds is 3. The summed E-state index contributed by atoms with van der Waals surface area (Å²) in [6.45, 7) is 0.928. The van der Waals surface area contributed by atoms with Gasteiger partial charge in [-0.3, -0.25) is 4.79 Å². The van der Waals surface area contributed by atoms with E-state index in [1.54, 1.807) is 12.1 Å². The Morgan fingerprint density at radius 1 is 1.25 bits per heavy atom. The summed E-state index contributed by atoms with van der Waals surface area (Å²) in [6.07, 6.45) is 1.24. The zero-order valence-electron chi connectivity index (χ0n) is 10.7. The molecule has 1 aliphatic rings. The van der Waals surface area contributed by atoms with Crippen LogP contribution >= 0.6 is 15.9 Å². The van der Waals surface area contributed by atoms with Gasteiger partial charge in [-0.2, -0.15) is 0 Å². The Labute approximate surface area is 125 Å². The Morgan fingerprint density at radius 3 is 2.90 bits per heavy atom. The second kappa shape index (κ2) is 5.37. The van der Waals surface area contributed by atoms with Crippen LogP contribution in [0, 0.1) is 5.82 Å². The fourth-order valence-electron chi connectivity index (χ4n) is 2.42. The number of carbonyl (C=O) groups is 1. The molecule has 2 aromatic rings. The molecule has 0 saturated carbocycles. The van der Waals surface area contributed by atoms with Crippen molar-refractivity contribution in [3.8, 4) is 0 Å².